The Morgan fingerprint density at radius 1 is 1.32 bits per heavy atom. The molecule has 5 nitrogen and oxygen atoms in total. The van der Waals surface area contributed by atoms with E-state index in [-0.39, 0.29) is 0 Å². The van der Waals surface area contributed by atoms with E-state index in [0.717, 1.165) is 25.3 Å². The highest BCUT2D eigenvalue weighted by Crippen LogP contribution is 2.36. The summed E-state index contributed by atoms with van der Waals surface area (Å²) >= 11 is 0. The first-order valence-electron chi connectivity index (χ1n) is 7.47. The molecule has 0 aromatic carbocycles. The number of likely N-dealkylation sites (tertiary alicyclic amines) is 1. The number of rotatable bonds is 7. The van der Waals surface area contributed by atoms with E-state index in [0.29, 0.717) is 5.41 Å². The molecule has 0 unspecified atom stereocenters. The fourth-order valence-corrected chi connectivity index (χ4v) is 3.00. The fraction of sp³-hybridized carbons (Fsp3) is 0.857. The maximum absolute atomic E-state index is 4.17. The van der Waals surface area contributed by atoms with Crippen LogP contribution in [0.4, 0.5) is 0 Å². The second kappa shape index (κ2) is 6.48. The van der Waals surface area contributed by atoms with E-state index in [9.17, 15) is 0 Å². The maximum atomic E-state index is 4.17. The molecular weight excluding hydrogens is 238 g/mol. The van der Waals surface area contributed by atoms with Gasteiger partial charge in [0.15, 0.2) is 0 Å². The van der Waals surface area contributed by atoms with Crippen LogP contribution in [0, 0.1) is 5.41 Å². The molecule has 2 heterocycles. The highest BCUT2D eigenvalue weighted by atomic mass is 15.4. The summed E-state index contributed by atoms with van der Waals surface area (Å²) in [6.07, 6.45) is 5.99. The standard InChI is InChI=1S/C14H27N5/c1-4-14(5-2)6-7-18(12-14)8-9-19-11-13(10-15-3)16-17-19/h11,15H,4-10,12H2,1-3H3. The molecule has 1 aliphatic rings. The third kappa shape index (κ3) is 3.54. The van der Waals surface area contributed by atoms with Gasteiger partial charge in [0.1, 0.15) is 0 Å². The minimum atomic E-state index is 0.569. The average molecular weight is 265 g/mol. The van der Waals surface area contributed by atoms with Gasteiger partial charge < -0.3 is 10.2 Å². The Kier molecular flexibility index (Phi) is 4.93. The molecule has 1 saturated heterocycles. The average Bonchev–Trinajstić information content (AvgIpc) is 3.04. The summed E-state index contributed by atoms with van der Waals surface area (Å²) in [6.45, 7) is 9.96. The van der Waals surface area contributed by atoms with Crippen LogP contribution in [0.15, 0.2) is 6.20 Å². The van der Waals surface area contributed by atoms with Crippen molar-refractivity contribution in [3.63, 3.8) is 0 Å². The van der Waals surface area contributed by atoms with Crippen LogP contribution < -0.4 is 5.32 Å². The molecule has 0 amide bonds. The lowest BCUT2D eigenvalue weighted by molar-refractivity contribution is 0.233. The second-order valence-corrected chi connectivity index (χ2v) is 5.74. The van der Waals surface area contributed by atoms with Crippen molar-refractivity contribution in [2.75, 3.05) is 26.7 Å². The molecule has 19 heavy (non-hydrogen) atoms. The maximum Gasteiger partial charge on any atom is 0.0964 e. The minimum absolute atomic E-state index is 0.569. The lowest BCUT2D eigenvalue weighted by atomic mass is 9.82. The first-order chi connectivity index (χ1) is 9.21. The van der Waals surface area contributed by atoms with Gasteiger partial charge in [-0.15, -0.1) is 5.10 Å². The van der Waals surface area contributed by atoms with E-state index in [1.54, 1.807) is 0 Å². The smallest absolute Gasteiger partial charge is 0.0964 e. The molecule has 0 atom stereocenters. The molecular formula is C14H27N5. The molecule has 1 fully saturated rings. The Labute approximate surface area is 116 Å². The molecule has 0 saturated carbocycles. The zero-order chi connectivity index (χ0) is 13.7. The Hall–Kier alpha value is -0.940. The van der Waals surface area contributed by atoms with Crippen molar-refractivity contribution >= 4 is 0 Å². The van der Waals surface area contributed by atoms with Crippen molar-refractivity contribution in [2.24, 2.45) is 5.41 Å². The van der Waals surface area contributed by atoms with Gasteiger partial charge in [0.25, 0.3) is 0 Å². The van der Waals surface area contributed by atoms with Crippen molar-refractivity contribution in [1.82, 2.24) is 25.2 Å². The van der Waals surface area contributed by atoms with Crippen molar-refractivity contribution in [1.29, 1.82) is 0 Å². The monoisotopic (exact) mass is 265 g/mol. The first kappa shape index (κ1) is 14.5. The van der Waals surface area contributed by atoms with Gasteiger partial charge >= 0.3 is 0 Å². The second-order valence-electron chi connectivity index (χ2n) is 5.74. The van der Waals surface area contributed by atoms with E-state index in [1.807, 2.05) is 17.9 Å². The van der Waals surface area contributed by atoms with Gasteiger partial charge in [-0.1, -0.05) is 19.1 Å². The molecule has 108 valence electrons. The van der Waals surface area contributed by atoms with Crippen molar-refractivity contribution in [2.45, 2.75) is 46.2 Å². The number of nitrogens with zero attached hydrogens (tertiary/aromatic N) is 4. The van der Waals surface area contributed by atoms with Crippen LogP contribution in [0.5, 0.6) is 0 Å². The summed E-state index contributed by atoms with van der Waals surface area (Å²) in [5, 5.41) is 11.4. The Morgan fingerprint density at radius 2 is 2.11 bits per heavy atom. The predicted octanol–water partition coefficient (Wildman–Crippen LogP) is 1.51. The zero-order valence-corrected chi connectivity index (χ0v) is 12.5. The molecule has 2 rings (SSSR count). The van der Waals surface area contributed by atoms with Crippen LogP contribution >= 0.6 is 0 Å². The van der Waals surface area contributed by atoms with Gasteiger partial charge in [0.2, 0.25) is 0 Å². The van der Waals surface area contributed by atoms with E-state index in [2.05, 4.69) is 34.4 Å². The van der Waals surface area contributed by atoms with Crippen molar-refractivity contribution < 1.29 is 0 Å². The summed E-state index contributed by atoms with van der Waals surface area (Å²) in [5.74, 6) is 0. The van der Waals surface area contributed by atoms with Crippen LogP contribution in [0.1, 0.15) is 38.8 Å². The van der Waals surface area contributed by atoms with Crippen LogP contribution in [0.2, 0.25) is 0 Å². The summed E-state index contributed by atoms with van der Waals surface area (Å²) in [4.78, 5) is 2.58. The third-order valence-corrected chi connectivity index (χ3v) is 4.61. The van der Waals surface area contributed by atoms with Crippen molar-refractivity contribution in [3.8, 4) is 0 Å². The quantitative estimate of drug-likeness (QED) is 0.812. The zero-order valence-electron chi connectivity index (χ0n) is 12.5. The largest absolute Gasteiger partial charge is 0.314 e. The highest BCUT2D eigenvalue weighted by molar-refractivity contribution is 4.92. The van der Waals surface area contributed by atoms with Gasteiger partial charge in [0.05, 0.1) is 12.2 Å². The molecule has 1 aromatic heterocycles. The number of aromatic nitrogens is 3. The lowest BCUT2D eigenvalue weighted by Gasteiger charge is -2.26. The highest BCUT2D eigenvalue weighted by Gasteiger charge is 2.34. The van der Waals surface area contributed by atoms with Gasteiger partial charge in [-0.3, -0.25) is 4.68 Å². The number of hydrogen-bond acceptors (Lipinski definition) is 4. The van der Waals surface area contributed by atoms with Gasteiger partial charge in [0, 0.05) is 25.8 Å². The van der Waals surface area contributed by atoms with Crippen LogP contribution in [0.3, 0.4) is 0 Å². The van der Waals surface area contributed by atoms with Crippen LogP contribution in [0.25, 0.3) is 0 Å². The number of nitrogens with one attached hydrogen (secondary N) is 1. The summed E-state index contributed by atoms with van der Waals surface area (Å²) in [5.41, 5.74) is 1.58. The third-order valence-electron chi connectivity index (χ3n) is 4.61. The van der Waals surface area contributed by atoms with Crippen LogP contribution in [-0.2, 0) is 13.1 Å². The molecule has 0 aliphatic carbocycles. The molecule has 0 bridgehead atoms. The molecule has 1 aromatic rings. The summed E-state index contributed by atoms with van der Waals surface area (Å²) < 4.78 is 1.96. The van der Waals surface area contributed by atoms with Gasteiger partial charge in [-0.2, -0.15) is 0 Å². The predicted molar refractivity (Wildman–Crippen MR) is 76.9 cm³/mol. The van der Waals surface area contributed by atoms with Crippen LogP contribution in [-0.4, -0.2) is 46.6 Å². The van der Waals surface area contributed by atoms with E-state index >= 15 is 0 Å². The topological polar surface area (TPSA) is 46.0 Å². The molecule has 1 aliphatic heterocycles. The van der Waals surface area contributed by atoms with Gasteiger partial charge in [-0.05, 0) is 38.3 Å². The molecule has 0 radical (unpaired) electrons. The van der Waals surface area contributed by atoms with E-state index in [1.165, 1.54) is 32.4 Å². The molecule has 5 heteroatoms. The minimum Gasteiger partial charge on any atom is -0.314 e. The Morgan fingerprint density at radius 3 is 2.74 bits per heavy atom. The lowest BCUT2D eigenvalue weighted by Crippen LogP contribution is -2.29. The summed E-state index contributed by atoms with van der Waals surface area (Å²) in [7, 11) is 1.93. The number of hydrogen-bond donors (Lipinski definition) is 1. The normalized spacial score (nSPS) is 19.1. The van der Waals surface area contributed by atoms with E-state index in [4.69, 9.17) is 0 Å². The van der Waals surface area contributed by atoms with E-state index < -0.39 is 0 Å². The van der Waals surface area contributed by atoms with Gasteiger partial charge in [-0.25, -0.2) is 0 Å². The fourth-order valence-electron chi connectivity index (χ4n) is 3.00. The van der Waals surface area contributed by atoms with Crippen molar-refractivity contribution in [3.05, 3.63) is 11.9 Å². The Balaban J connectivity index is 1.79. The SMILES string of the molecule is CCC1(CC)CCN(CCn2cc(CNC)nn2)C1. The first-order valence-corrected chi connectivity index (χ1v) is 7.47. The molecule has 0 spiro atoms. The molecule has 1 N–H and O–H groups in total. The summed E-state index contributed by atoms with van der Waals surface area (Å²) in [6, 6.07) is 0. The Bertz CT molecular complexity index is 383.